The Morgan fingerprint density at radius 1 is 0.241 bits per heavy atom. The van der Waals surface area contributed by atoms with Gasteiger partial charge in [0.1, 0.15) is 24.0 Å². The van der Waals surface area contributed by atoms with E-state index in [0.717, 1.165) is 101 Å². The third-order valence-corrected chi connectivity index (χ3v) is 30.5. The van der Waals surface area contributed by atoms with Crippen molar-refractivity contribution in [3.05, 3.63) is 387 Å². The molecule has 15 aromatic carbocycles. The van der Waals surface area contributed by atoms with Gasteiger partial charge in [-0.25, -0.2) is 9.97 Å². The number of nitriles is 3. The molecular weight excluding hydrogens is 1760 g/mol. The normalized spacial score (nSPS) is 12.0. The number of rotatable bonds is 20. The van der Waals surface area contributed by atoms with E-state index in [2.05, 4.69) is 452 Å². The van der Waals surface area contributed by atoms with E-state index in [4.69, 9.17) is 16.4 Å². The minimum Gasteiger partial charge on any atom is -0.309 e. The molecule has 22 aromatic rings. The Hall–Kier alpha value is -16.4. The Balaban J connectivity index is 0.000000195. The van der Waals surface area contributed by atoms with Gasteiger partial charge in [-0.2, -0.15) is 15.8 Å². The molecule has 0 aliphatic rings. The van der Waals surface area contributed by atoms with Crippen LogP contribution in [0.3, 0.4) is 0 Å². The van der Waals surface area contributed by atoms with E-state index < -0.39 is 0 Å². The minimum absolute atomic E-state index is 0.351. The number of nitrogens with zero attached hydrogens (tertiary/aromatic N) is 10. The van der Waals surface area contributed by atoms with Gasteiger partial charge >= 0.3 is 0 Å². The Bertz CT molecular complexity index is 8840. The molecule has 0 aliphatic carbocycles. The van der Waals surface area contributed by atoms with Crippen LogP contribution in [-0.2, 0) is 0 Å². The Labute approximate surface area is 851 Å². The summed E-state index contributed by atoms with van der Waals surface area (Å²) >= 11 is 0. The summed E-state index contributed by atoms with van der Waals surface area (Å²) in [6, 6.07) is 119. The number of hydrogen-bond acceptors (Lipinski definition) is 5. The van der Waals surface area contributed by atoms with Crippen LogP contribution in [0.15, 0.2) is 310 Å². The molecule has 0 unspecified atom stereocenters. The van der Waals surface area contributed by atoms with Crippen LogP contribution in [0.5, 0.6) is 0 Å². The van der Waals surface area contributed by atoms with E-state index in [0.29, 0.717) is 87.0 Å². The number of aromatic nitrogens is 7. The van der Waals surface area contributed by atoms with E-state index in [1.54, 1.807) is 6.07 Å². The minimum atomic E-state index is 0.351. The topological polar surface area (TPSA) is 122 Å². The van der Waals surface area contributed by atoms with E-state index in [9.17, 15) is 15.8 Å². The second-order valence-corrected chi connectivity index (χ2v) is 42.9. The molecular formula is C135H122N10. The largest absolute Gasteiger partial charge is 0.309 e. The first kappa shape index (κ1) is 94.8. The molecule has 0 amide bonds. The smallest absolute Gasteiger partial charge is 0.138 e. The third kappa shape index (κ3) is 16.6. The summed E-state index contributed by atoms with van der Waals surface area (Å²) in [7, 11) is 0. The van der Waals surface area contributed by atoms with Crippen LogP contribution in [0, 0.1) is 46.3 Å². The lowest BCUT2D eigenvalue weighted by Gasteiger charge is -2.20. The zero-order valence-electron chi connectivity index (χ0n) is 86.8. The van der Waals surface area contributed by atoms with Gasteiger partial charge in [0.15, 0.2) is 0 Å². The molecule has 7 aromatic heterocycles. The van der Waals surface area contributed by atoms with Crippen molar-refractivity contribution >= 4 is 109 Å². The zero-order chi connectivity index (χ0) is 101. The second kappa shape index (κ2) is 37.8. The lowest BCUT2D eigenvalue weighted by molar-refractivity contribution is 0.868. The molecule has 0 saturated heterocycles. The molecule has 0 aliphatic heterocycles. The van der Waals surface area contributed by atoms with Crippen LogP contribution in [0.4, 0.5) is 0 Å². The van der Waals surface area contributed by atoms with E-state index in [1.807, 2.05) is 36.5 Å². The summed E-state index contributed by atoms with van der Waals surface area (Å²) < 4.78 is 11.8. The van der Waals surface area contributed by atoms with Crippen LogP contribution >= 0.6 is 0 Å². The fourth-order valence-electron chi connectivity index (χ4n) is 21.9. The Morgan fingerprint density at radius 3 is 0.786 bits per heavy atom. The van der Waals surface area contributed by atoms with Crippen molar-refractivity contribution in [2.45, 2.75) is 198 Å². The van der Waals surface area contributed by atoms with Crippen LogP contribution in [0.2, 0.25) is 0 Å². The van der Waals surface area contributed by atoms with Gasteiger partial charge in [-0.3, -0.25) is 4.57 Å². The molecule has 0 fully saturated rings. The average molecular weight is 1880 g/mol. The summed E-state index contributed by atoms with van der Waals surface area (Å²) in [5, 5.41) is 44.2. The molecule has 0 spiro atoms. The average Bonchev–Trinajstić information content (AvgIpc) is 1.62. The molecule has 0 saturated carbocycles. The maximum Gasteiger partial charge on any atom is 0.138 e. The van der Waals surface area contributed by atoms with Gasteiger partial charge in [-0.05, 0) is 308 Å². The second-order valence-electron chi connectivity index (χ2n) is 42.9. The van der Waals surface area contributed by atoms with Gasteiger partial charge in [0.25, 0.3) is 0 Å². The Kier molecular flexibility index (Phi) is 24.7. The first-order chi connectivity index (χ1) is 70.0. The quantitative estimate of drug-likeness (QED) is 0.0704. The van der Waals surface area contributed by atoms with E-state index >= 15 is 0 Å². The van der Waals surface area contributed by atoms with Crippen molar-refractivity contribution in [2.24, 2.45) is 0 Å². The van der Waals surface area contributed by atoms with Crippen molar-refractivity contribution < 1.29 is 0 Å². The van der Waals surface area contributed by atoms with Crippen molar-refractivity contribution in [3.8, 4) is 115 Å². The molecule has 22 rings (SSSR count). The summed E-state index contributed by atoms with van der Waals surface area (Å²) in [5.41, 5.74) is 38.6. The first-order valence-corrected chi connectivity index (χ1v) is 51.7. The summed E-state index contributed by atoms with van der Waals surface area (Å²) in [6.45, 7) is 45.0. The molecule has 10 nitrogen and oxygen atoms in total. The predicted molar refractivity (Wildman–Crippen MR) is 610 cm³/mol. The van der Waals surface area contributed by atoms with E-state index in [-0.39, 0.29) is 0 Å². The van der Waals surface area contributed by atoms with Gasteiger partial charge in [0.2, 0.25) is 0 Å². The fraction of sp³-hybridized carbons (Fsp3) is 0.222. The fourth-order valence-corrected chi connectivity index (χ4v) is 21.9. The third-order valence-electron chi connectivity index (χ3n) is 30.5. The highest BCUT2D eigenvalue weighted by molar-refractivity contribution is 6.15. The van der Waals surface area contributed by atoms with Crippen molar-refractivity contribution in [3.63, 3.8) is 0 Å². The summed E-state index contributed by atoms with van der Waals surface area (Å²) in [4.78, 5) is 11.1. The highest BCUT2D eigenvalue weighted by Crippen LogP contribution is 2.49. The SMILES string of the molecule is C#Cc1cccc(-c2cc(-c3ccc(-n4c5ccc(C(C)C)cc5c5cc(C(C)C)ccc54)cc3)nc(-c3ccc(-n4c5ccc(C(C)C)cc5c5cc(C(C)C)ccc54)cc3)c2-c2ccc(-n3c4ccc(C(C)C)cc4c4cc(C(C)C)ccc43)cc2)c1C#N.CC(C)c1ccc2c(c1)c1cc(C(C)C)ccc1n2-c1cc(-c2cccc(C#N)c2C#N)c(-n2c3ccc(C(C)C)cc3c3cc(C(C)C)ccc32)cn1. The molecule has 712 valence electrons. The molecule has 7 heterocycles. The monoisotopic (exact) mass is 1880 g/mol. The molecule has 0 atom stereocenters. The lowest BCUT2D eigenvalue weighted by atomic mass is 9.87. The molecule has 0 radical (unpaired) electrons. The van der Waals surface area contributed by atoms with Crippen molar-refractivity contribution in [1.82, 2.24) is 32.8 Å². The maximum absolute atomic E-state index is 11.2. The van der Waals surface area contributed by atoms with Crippen LogP contribution in [0.25, 0.3) is 193 Å². The number of pyridine rings is 2. The molecule has 145 heavy (non-hydrogen) atoms. The van der Waals surface area contributed by atoms with Gasteiger partial charge in [-0.15, -0.1) is 6.42 Å². The lowest BCUT2D eigenvalue weighted by Crippen LogP contribution is -2.04. The van der Waals surface area contributed by atoms with Crippen molar-refractivity contribution in [2.75, 3.05) is 0 Å². The highest BCUT2D eigenvalue weighted by atomic mass is 15.1. The summed E-state index contributed by atoms with van der Waals surface area (Å²) in [5.74, 6) is 7.53. The van der Waals surface area contributed by atoms with Crippen molar-refractivity contribution in [1.29, 1.82) is 15.8 Å². The van der Waals surface area contributed by atoms with Crippen LogP contribution < -0.4 is 0 Å². The van der Waals surface area contributed by atoms with E-state index in [1.165, 1.54) is 143 Å². The molecule has 0 bridgehead atoms. The standard InChI is InChI=1S/C86H77N5.C49H45N5/c1-14-56-16-15-17-69(77(56)49-87)76-48-78(57-18-30-66(31-19-57)89-79-36-24-60(50(2)3)42-70(79)71-43-61(51(4)5)25-37-80(71)89)88-86(59-22-34-68(35-23-59)91-83-40-28-64(54(10)11)46-74(83)75-47-65(55(12)13)29-41-84(75)91)85(76)58-20-32-67(33-21-58)90-81-38-26-62(52(6)7)44-72(81)73-45-63(53(8)9)27-39-82(73)90;1-28(2)32-12-16-44-38(20-32)39-21-33(29(3)4)13-17-45(39)53(44)48-27-52-49(24-42(48)37-11-9-10-36(25-50)43(37)26-51)54-46-18-14-34(30(5)6)22-40(46)41-23-35(31(7)8)15-19-47(41)54/h1,15-48,50-55H,2-13H3;9-24,27-31H,1-8H3. The van der Waals surface area contributed by atoms with Gasteiger partial charge in [-0.1, -0.05) is 266 Å². The number of benzene rings is 15. The maximum atomic E-state index is 11.2. The molecule has 10 heteroatoms. The summed E-state index contributed by atoms with van der Waals surface area (Å²) in [6.07, 6.45) is 8.22. The highest BCUT2D eigenvalue weighted by Gasteiger charge is 2.29. The van der Waals surface area contributed by atoms with Crippen LogP contribution in [0.1, 0.15) is 276 Å². The number of terminal acetylenes is 1. The van der Waals surface area contributed by atoms with Gasteiger partial charge in [0.05, 0.1) is 95.1 Å². The number of fused-ring (bicyclic) bond motifs is 15. The zero-order valence-corrected chi connectivity index (χ0v) is 86.8. The number of hydrogen-bond donors (Lipinski definition) is 0. The Morgan fingerprint density at radius 2 is 0.503 bits per heavy atom. The first-order valence-electron chi connectivity index (χ1n) is 51.7. The van der Waals surface area contributed by atoms with Crippen LogP contribution in [-0.4, -0.2) is 32.8 Å². The van der Waals surface area contributed by atoms with Gasteiger partial charge in [0, 0.05) is 110 Å². The van der Waals surface area contributed by atoms with Gasteiger partial charge < -0.3 is 18.3 Å². The molecule has 0 N–H and O–H groups in total. The predicted octanol–water partition coefficient (Wildman–Crippen LogP) is 36.8.